The van der Waals surface area contributed by atoms with Gasteiger partial charge in [0, 0.05) is 29.9 Å². The maximum Gasteiger partial charge on any atom is 0.260 e. The first kappa shape index (κ1) is 18.1. The number of rotatable bonds is 3. The molecule has 1 atom stereocenters. The van der Waals surface area contributed by atoms with E-state index in [1.54, 1.807) is 0 Å². The molecule has 0 radical (unpaired) electrons. The molecule has 2 heterocycles. The lowest BCUT2D eigenvalue weighted by Gasteiger charge is -2.49. The first-order valence-electron chi connectivity index (χ1n) is 10.5. The van der Waals surface area contributed by atoms with E-state index < -0.39 is 5.66 Å². The fraction of sp³-hybridized carbons (Fsp3) is 0.269. The minimum Gasteiger partial charge on any atom is -0.281 e. The molecule has 3 heteroatoms. The van der Waals surface area contributed by atoms with E-state index in [9.17, 15) is 4.79 Å². The van der Waals surface area contributed by atoms with Crippen molar-refractivity contribution in [3.8, 4) is 0 Å². The maximum absolute atomic E-state index is 13.8. The molecule has 0 saturated carbocycles. The summed E-state index contributed by atoms with van der Waals surface area (Å²) in [6, 6.07) is 27.1. The Balaban J connectivity index is 1.84. The van der Waals surface area contributed by atoms with Crippen LogP contribution in [0.4, 0.5) is 5.69 Å². The number of hydrogen-bond acceptors (Lipinski definition) is 2. The molecule has 5 rings (SSSR count). The molecule has 2 aliphatic heterocycles. The number of likely N-dealkylation sites (tertiary alicyclic amines) is 1. The fourth-order valence-electron chi connectivity index (χ4n) is 5.10. The van der Waals surface area contributed by atoms with Crippen molar-refractivity contribution in [2.24, 2.45) is 0 Å². The molecular formula is C26H26N2O. The van der Waals surface area contributed by atoms with E-state index in [-0.39, 0.29) is 5.91 Å². The van der Waals surface area contributed by atoms with Gasteiger partial charge in [0.1, 0.15) is 0 Å². The molecule has 0 bridgehead atoms. The summed E-state index contributed by atoms with van der Waals surface area (Å²) < 4.78 is 0. The van der Waals surface area contributed by atoms with Crippen LogP contribution in [0.25, 0.3) is 0 Å². The number of carbonyl (C=O) groups excluding carboxylic acids is 1. The summed E-state index contributed by atoms with van der Waals surface area (Å²) >= 11 is 0. The summed E-state index contributed by atoms with van der Waals surface area (Å²) in [5, 5.41) is 0. The second kappa shape index (κ2) is 7.16. The van der Waals surface area contributed by atoms with E-state index in [0.717, 1.165) is 53.9 Å². The molecular weight excluding hydrogens is 356 g/mol. The maximum atomic E-state index is 13.8. The molecule has 29 heavy (non-hydrogen) atoms. The predicted molar refractivity (Wildman–Crippen MR) is 117 cm³/mol. The highest BCUT2D eigenvalue weighted by Crippen LogP contribution is 2.49. The largest absolute Gasteiger partial charge is 0.281 e. The molecule has 1 amide bonds. The standard InChI is InChI=1S/C26H26N2O/c1-20-11-10-14-22(19-20)28-25(29)23-15-6-7-16-24(23)26(28,21-12-4-2-5-13-21)27-17-8-3-9-18-27/h2,4-7,10-16,19H,3,8-9,17-18H2,1H3/t26-/m1/s1. The molecule has 1 fully saturated rings. The Morgan fingerprint density at radius 1 is 0.793 bits per heavy atom. The van der Waals surface area contributed by atoms with Crippen LogP contribution in [0.2, 0.25) is 0 Å². The molecule has 3 aromatic rings. The van der Waals surface area contributed by atoms with Crippen LogP contribution in [0, 0.1) is 6.92 Å². The Morgan fingerprint density at radius 3 is 2.28 bits per heavy atom. The van der Waals surface area contributed by atoms with Crippen LogP contribution in [-0.4, -0.2) is 23.9 Å². The highest BCUT2D eigenvalue weighted by atomic mass is 16.2. The molecule has 2 aliphatic rings. The van der Waals surface area contributed by atoms with Crippen LogP contribution in [0.15, 0.2) is 78.9 Å². The molecule has 1 saturated heterocycles. The summed E-state index contributed by atoms with van der Waals surface area (Å²) in [7, 11) is 0. The number of carbonyl (C=O) groups is 1. The average Bonchev–Trinajstić information content (AvgIpc) is 3.05. The normalized spacial score (nSPS) is 22.0. The van der Waals surface area contributed by atoms with E-state index in [4.69, 9.17) is 0 Å². The van der Waals surface area contributed by atoms with Crippen molar-refractivity contribution < 1.29 is 4.79 Å². The van der Waals surface area contributed by atoms with Crippen molar-refractivity contribution >= 4 is 11.6 Å². The Labute approximate surface area is 172 Å². The van der Waals surface area contributed by atoms with E-state index in [0.29, 0.717) is 0 Å². The van der Waals surface area contributed by atoms with Crippen LogP contribution < -0.4 is 4.90 Å². The first-order chi connectivity index (χ1) is 14.2. The quantitative estimate of drug-likeness (QED) is 0.610. The lowest BCUT2D eigenvalue weighted by molar-refractivity contribution is 0.0793. The summed E-state index contributed by atoms with van der Waals surface area (Å²) in [5.41, 5.74) is 4.57. The van der Waals surface area contributed by atoms with Gasteiger partial charge in [0.2, 0.25) is 0 Å². The molecule has 0 aromatic heterocycles. The first-order valence-corrected chi connectivity index (χ1v) is 10.5. The zero-order chi connectivity index (χ0) is 19.8. The van der Waals surface area contributed by atoms with Gasteiger partial charge in [-0.25, -0.2) is 0 Å². The van der Waals surface area contributed by atoms with Crippen LogP contribution in [0.5, 0.6) is 0 Å². The molecule has 0 N–H and O–H groups in total. The average molecular weight is 383 g/mol. The van der Waals surface area contributed by atoms with Crippen molar-refractivity contribution in [1.82, 2.24) is 4.90 Å². The molecule has 0 aliphatic carbocycles. The summed E-state index contributed by atoms with van der Waals surface area (Å²) in [5.74, 6) is 0.0839. The predicted octanol–water partition coefficient (Wildman–Crippen LogP) is 5.34. The van der Waals surface area contributed by atoms with Gasteiger partial charge >= 0.3 is 0 Å². The number of anilines is 1. The number of fused-ring (bicyclic) bond motifs is 1. The molecule has 3 nitrogen and oxygen atoms in total. The fourth-order valence-corrected chi connectivity index (χ4v) is 5.10. The van der Waals surface area contributed by atoms with Crippen molar-refractivity contribution in [2.45, 2.75) is 31.8 Å². The second-order valence-corrected chi connectivity index (χ2v) is 8.11. The zero-order valence-electron chi connectivity index (χ0n) is 16.8. The van der Waals surface area contributed by atoms with E-state index >= 15 is 0 Å². The number of amides is 1. The van der Waals surface area contributed by atoms with Gasteiger partial charge < -0.3 is 0 Å². The van der Waals surface area contributed by atoms with Gasteiger partial charge in [0.15, 0.2) is 5.66 Å². The van der Waals surface area contributed by atoms with Crippen LogP contribution >= 0.6 is 0 Å². The van der Waals surface area contributed by atoms with Gasteiger partial charge in [-0.05, 0) is 49.1 Å². The van der Waals surface area contributed by atoms with Crippen molar-refractivity contribution in [3.05, 3.63) is 101 Å². The highest BCUT2D eigenvalue weighted by molar-refractivity contribution is 6.12. The molecule has 3 aromatic carbocycles. The minimum absolute atomic E-state index is 0.0839. The molecule has 0 unspecified atom stereocenters. The number of nitrogens with zero attached hydrogens (tertiary/aromatic N) is 2. The molecule has 0 spiro atoms. The van der Waals surface area contributed by atoms with Gasteiger partial charge in [0.25, 0.3) is 5.91 Å². The number of aryl methyl sites for hydroxylation is 1. The van der Waals surface area contributed by atoms with E-state index in [1.807, 2.05) is 29.2 Å². The number of hydrogen-bond donors (Lipinski definition) is 0. The SMILES string of the molecule is Cc1cccc(N2C(=O)c3ccccc3[C@]2(c2ccccc2)N2CCCCC2)c1. The highest BCUT2D eigenvalue weighted by Gasteiger charge is 2.55. The van der Waals surface area contributed by atoms with Crippen molar-refractivity contribution in [3.63, 3.8) is 0 Å². The Morgan fingerprint density at radius 2 is 1.52 bits per heavy atom. The van der Waals surface area contributed by atoms with Gasteiger partial charge in [-0.1, -0.05) is 67.1 Å². The summed E-state index contributed by atoms with van der Waals surface area (Å²) in [6.45, 7) is 4.06. The molecule has 146 valence electrons. The minimum atomic E-state index is -0.608. The number of benzene rings is 3. The van der Waals surface area contributed by atoms with Crippen LogP contribution in [0.1, 0.15) is 46.3 Å². The van der Waals surface area contributed by atoms with Gasteiger partial charge in [-0.2, -0.15) is 0 Å². The van der Waals surface area contributed by atoms with Crippen molar-refractivity contribution in [1.29, 1.82) is 0 Å². The van der Waals surface area contributed by atoms with Gasteiger partial charge in [-0.3, -0.25) is 14.6 Å². The van der Waals surface area contributed by atoms with Crippen molar-refractivity contribution in [2.75, 3.05) is 18.0 Å². The monoisotopic (exact) mass is 382 g/mol. The Bertz CT molecular complexity index is 1040. The number of piperidine rings is 1. The smallest absolute Gasteiger partial charge is 0.260 e. The topological polar surface area (TPSA) is 23.6 Å². The third kappa shape index (κ3) is 2.72. The van der Waals surface area contributed by atoms with Crippen LogP contribution in [-0.2, 0) is 5.66 Å². The zero-order valence-corrected chi connectivity index (χ0v) is 16.8. The van der Waals surface area contributed by atoms with Gasteiger partial charge in [0.05, 0.1) is 0 Å². The van der Waals surface area contributed by atoms with E-state index in [1.165, 1.54) is 6.42 Å². The summed E-state index contributed by atoms with van der Waals surface area (Å²) in [6.07, 6.45) is 3.57. The lowest BCUT2D eigenvalue weighted by atomic mass is 9.87. The Kier molecular flexibility index (Phi) is 4.48. The summed E-state index contributed by atoms with van der Waals surface area (Å²) in [4.78, 5) is 18.4. The third-order valence-electron chi connectivity index (χ3n) is 6.31. The third-order valence-corrected chi connectivity index (χ3v) is 6.31. The van der Waals surface area contributed by atoms with E-state index in [2.05, 4.69) is 66.4 Å². The lowest BCUT2D eigenvalue weighted by Crippen LogP contribution is -2.58. The van der Waals surface area contributed by atoms with Crippen LogP contribution in [0.3, 0.4) is 0 Å². The van der Waals surface area contributed by atoms with Gasteiger partial charge in [-0.15, -0.1) is 0 Å². The Hall–Kier alpha value is -2.91. The second-order valence-electron chi connectivity index (χ2n) is 8.11.